The highest BCUT2D eigenvalue weighted by Gasteiger charge is 1.93. The Hall–Kier alpha value is -1.38. The molecule has 16 heavy (non-hydrogen) atoms. The molecule has 0 amide bonds. The van der Waals surface area contributed by atoms with E-state index >= 15 is 0 Å². The van der Waals surface area contributed by atoms with Crippen molar-refractivity contribution in [3.63, 3.8) is 0 Å². The van der Waals surface area contributed by atoms with Gasteiger partial charge in [-0.25, -0.2) is 0 Å². The van der Waals surface area contributed by atoms with E-state index in [4.69, 9.17) is 4.79 Å². The van der Waals surface area contributed by atoms with Crippen LogP contribution in [0, 0.1) is 6.92 Å². The van der Waals surface area contributed by atoms with Gasteiger partial charge in [-0.3, -0.25) is 4.79 Å². The maximum Gasteiger partial charge on any atom is 0.250 e. The molecule has 1 aromatic heterocycles. The maximum atomic E-state index is 11.2. The number of unbranched alkanes of at least 4 members (excludes halogenated alkanes) is 1. The van der Waals surface area contributed by atoms with Crippen LogP contribution in [0.4, 0.5) is 0 Å². The minimum absolute atomic E-state index is 0.106. The van der Waals surface area contributed by atoms with E-state index in [1.807, 2.05) is 39.8 Å². The average Bonchev–Trinajstić information content (AvgIpc) is 2.35. The Balaban J connectivity index is 0. The van der Waals surface area contributed by atoms with Crippen molar-refractivity contribution in [2.45, 2.75) is 47.1 Å². The van der Waals surface area contributed by atoms with Gasteiger partial charge in [0.2, 0.25) is 0 Å². The van der Waals surface area contributed by atoms with E-state index in [1.54, 1.807) is 10.6 Å². The van der Waals surface area contributed by atoms with Crippen molar-refractivity contribution in [2.24, 2.45) is 0 Å². The second-order valence-electron chi connectivity index (χ2n) is 3.09. The number of aromatic nitrogens is 1. The monoisotopic (exact) mass is 225 g/mol. The standard InChI is InChI=1S/C10H15NO.C2H6.CH2O/c1-3-4-7-11-8-9(2)5-6-10(11)12;2*1-2/h5-6,8H,3-4,7H2,1-2H3;1-2H3;1H2. The van der Waals surface area contributed by atoms with Crippen molar-refractivity contribution in [3.05, 3.63) is 34.2 Å². The van der Waals surface area contributed by atoms with Crippen LogP contribution < -0.4 is 5.56 Å². The lowest BCUT2D eigenvalue weighted by Gasteiger charge is -2.04. The summed E-state index contributed by atoms with van der Waals surface area (Å²) in [5.41, 5.74) is 1.25. The molecule has 3 heteroatoms. The molecule has 3 nitrogen and oxygen atoms in total. The number of hydrogen-bond donors (Lipinski definition) is 0. The smallest absolute Gasteiger partial charge is 0.250 e. The van der Waals surface area contributed by atoms with Gasteiger partial charge in [0.25, 0.3) is 5.56 Å². The number of nitrogens with zero attached hydrogens (tertiary/aromatic N) is 1. The molecule has 0 N–H and O–H groups in total. The number of aryl methyl sites for hydroxylation is 2. The summed E-state index contributed by atoms with van der Waals surface area (Å²) < 4.78 is 1.78. The quantitative estimate of drug-likeness (QED) is 0.793. The zero-order chi connectivity index (χ0) is 13.0. The van der Waals surface area contributed by atoms with Gasteiger partial charge in [-0.1, -0.05) is 33.3 Å². The fourth-order valence-corrected chi connectivity index (χ4v) is 1.15. The van der Waals surface area contributed by atoms with Crippen molar-refractivity contribution in [2.75, 3.05) is 0 Å². The first-order valence-electron chi connectivity index (χ1n) is 5.70. The Morgan fingerprint density at radius 3 is 2.31 bits per heavy atom. The Morgan fingerprint density at radius 2 is 1.81 bits per heavy atom. The van der Waals surface area contributed by atoms with Gasteiger partial charge in [0, 0.05) is 18.8 Å². The number of carbonyl (C=O) groups is 1. The normalized spacial score (nSPS) is 8.25. The first kappa shape index (κ1) is 17.0. The Labute approximate surface area is 98.1 Å². The first-order chi connectivity index (χ1) is 7.74. The van der Waals surface area contributed by atoms with Crippen LogP contribution in [-0.4, -0.2) is 11.4 Å². The van der Waals surface area contributed by atoms with Gasteiger partial charge in [-0.05, 0) is 18.9 Å². The predicted molar refractivity (Wildman–Crippen MR) is 68.8 cm³/mol. The minimum atomic E-state index is 0.106. The molecule has 0 aliphatic rings. The summed E-state index contributed by atoms with van der Waals surface area (Å²) >= 11 is 0. The lowest BCUT2D eigenvalue weighted by molar-refractivity contribution is -0.0979. The van der Waals surface area contributed by atoms with E-state index in [2.05, 4.69) is 6.92 Å². The molecule has 0 atom stereocenters. The molecule has 0 aromatic carbocycles. The van der Waals surface area contributed by atoms with Crippen molar-refractivity contribution >= 4 is 6.79 Å². The summed E-state index contributed by atoms with van der Waals surface area (Å²) in [7, 11) is 0. The van der Waals surface area contributed by atoms with E-state index in [0.717, 1.165) is 24.9 Å². The summed E-state index contributed by atoms with van der Waals surface area (Å²) in [4.78, 5) is 19.2. The molecule has 92 valence electrons. The summed E-state index contributed by atoms with van der Waals surface area (Å²) in [6.45, 7) is 11.0. The Kier molecular flexibility index (Phi) is 12.4. The zero-order valence-corrected chi connectivity index (χ0v) is 10.8. The highest BCUT2D eigenvalue weighted by atomic mass is 16.1. The van der Waals surface area contributed by atoms with Crippen LogP contribution in [0.1, 0.15) is 39.2 Å². The Bertz CT molecular complexity index is 318. The fourth-order valence-electron chi connectivity index (χ4n) is 1.15. The topological polar surface area (TPSA) is 39.1 Å². The zero-order valence-electron chi connectivity index (χ0n) is 10.8. The highest BCUT2D eigenvalue weighted by molar-refractivity contribution is 5.11. The summed E-state index contributed by atoms with van der Waals surface area (Å²) in [6.07, 6.45) is 4.11. The molecule has 0 saturated heterocycles. The number of carbonyl (C=O) groups excluding carboxylic acids is 1. The maximum absolute atomic E-state index is 11.2. The van der Waals surface area contributed by atoms with Crippen LogP contribution in [0.15, 0.2) is 23.1 Å². The average molecular weight is 225 g/mol. The van der Waals surface area contributed by atoms with Crippen LogP contribution in [-0.2, 0) is 11.3 Å². The summed E-state index contributed by atoms with van der Waals surface area (Å²) in [5, 5.41) is 0. The molecule has 0 aliphatic carbocycles. The summed E-state index contributed by atoms with van der Waals surface area (Å²) in [6, 6.07) is 3.48. The van der Waals surface area contributed by atoms with Gasteiger partial charge >= 0.3 is 0 Å². The first-order valence-corrected chi connectivity index (χ1v) is 5.70. The fraction of sp³-hybridized carbons (Fsp3) is 0.538. The van der Waals surface area contributed by atoms with Crippen molar-refractivity contribution < 1.29 is 4.79 Å². The van der Waals surface area contributed by atoms with Gasteiger partial charge in [-0.2, -0.15) is 0 Å². The molecular weight excluding hydrogens is 202 g/mol. The third kappa shape index (κ3) is 6.98. The molecule has 0 aliphatic heterocycles. The summed E-state index contributed by atoms with van der Waals surface area (Å²) in [5.74, 6) is 0. The molecule has 1 aromatic rings. The van der Waals surface area contributed by atoms with E-state index < -0.39 is 0 Å². The van der Waals surface area contributed by atoms with Crippen molar-refractivity contribution in [1.29, 1.82) is 0 Å². The molecule has 0 unspecified atom stereocenters. The van der Waals surface area contributed by atoms with E-state index in [9.17, 15) is 4.79 Å². The van der Waals surface area contributed by atoms with Gasteiger partial charge in [-0.15, -0.1) is 0 Å². The van der Waals surface area contributed by atoms with E-state index in [-0.39, 0.29) is 5.56 Å². The lowest BCUT2D eigenvalue weighted by Crippen LogP contribution is -2.18. The van der Waals surface area contributed by atoms with Crippen LogP contribution >= 0.6 is 0 Å². The van der Waals surface area contributed by atoms with Crippen LogP contribution in [0.25, 0.3) is 0 Å². The number of hydrogen-bond acceptors (Lipinski definition) is 2. The van der Waals surface area contributed by atoms with Crippen molar-refractivity contribution in [1.82, 2.24) is 4.57 Å². The van der Waals surface area contributed by atoms with E-state index in [0.29, 0.717) is 0 Å². The molecule has 0 spiro atoms. The van der Waals surface area contributed by atoms with Gasteiger partial charge in [0.05, 0.1) is 0 Å². The molecule has 0 fully saturated rings. The second kappa shape index (κ2) is 11.7. The van der Waals surface area contributed by atoms with Gasteiger partial charge in [0.15, 0.2) is 0 Å². The SMILES string of the molecule is C=O.CC.CCCCn1cc(C)ccc1=O. The number of rotatable bonds is 3. The molecule has 0 radical (unpaired) electrons. The van der Waals surface area contributed by atoms with E-state index in [1.165, 1.54) is 0 Å². The van der Waals surface area contributed by atoms with Crippen LogP contribution in [0.3, 0.4) is 0 Å². The van der Waals surface area contributed by atoms with Gasteiger partial charge < -0.3 is 9.36 Å². The van der Waals surface area contributed by atoms with Crippen LogP contribution in [0.5, 0.6) is 0 Å². The third-order valence-corrected chi connectivity index (χ3v) is 1.88. The molecular formula is C13H23NO2. The number of pyridine rings is 1. The third-order valence-electron chi connectivity index (χ3n) is 1.88. The molecule has 1 rings (SSSR count). The molecule has 0 bridgehead atoms. The lowest BCUT2D eigenvalue weighted by atomic mass is 10.3. The van der Waals surface area contributed by atoms with Crippen molar-refractivity contribution in [3.8, 4) is 0 Å². The molecule has 1 heterocycles. The van der Waals surface area contributed by atoms with Gasteiger partial charge in [0.1, 0.15) is 6.79 Å². The Morgan fingerprint density at radius 1 is 1.25 bits per heavy atom. The van der Waals surface area contributed by atoms with Crippen LogP contribution in [0.2, 0.25) is 0 Å². The molecule has 0 saturated carbocycles. The minimum Gasteiger partial charge on any atom is -0.315 e. The second-order valence-corrected chi connectivity index (χ2v) is 3.09. The highest BCUT2D eigenvalue weighted by Crippen LogP contribution is 1.95. The predicted octanol–water partition coefficient (Wildman–Crippen LogP) is 2.80. The largest absolute Gasteiger partial charge is 0.315 e.